The topological polar surface area (TPSA) is 51.0 Å². The average Bonchev–Trinajstić information content (AvgIpc) is 2.82. The standard InChI is InChI=1S/C17H25N3O/c1-11(2)18-9-6-7-15-13(4)19-17(20-14(15)5)16-12(3)8-10-21-16/h8,10-11,18H,6-7,9H2,1-5H3. The summed E-state index contributed by atoms with van der Waals surface area (Å²) in [5.41, 5.74) is 4.44. The first kappa shape index (κ1) is 15.7. The minimum atomic E-state index is 0.535. The van der Waals surface area contributed by atoms with Gasteiger partial charge in [-0.15, -0.1) is 0 Å². The normalized spacial score (nSPS) is 11.3. The van der Waals surface area contributed by atoms with Crippen molar-refractivity contribution in [2.75, 3.05) is 6.54 Å². The second-order valence-electron chi connectivity index (χ2n) is 5.84. The van der Waals surface area contributed by atoms with E-state index in [1.54, 1.807) is 6.26 Å². The van der Waals surface area contributed by atoms with E-state index in [9.17, 15) is 0 Å². The molecule has 0 aliphatic heterocycles. The molecule has 4 heteroatoms. The Bertz CT molecular complexity index is 579. The van der Waals surface area contributed by atoms with Crippen LogP contribution in [0.25, 0.3) is 11.6 Å². The van der Waals surface area contributed by atoms with Gasteiger partial charge in [0.25, 0.3) is 0 Å². The number of nitrogens with zero attached hydrogens (tertiary/aromatic N) is 2. The van der Waals surface area contributed by atoms with E-state index in [2.05, 4.69) is 43.0 Å². The maximum absolute atomic E-state index is 5.49. The molecule has 0 saturated carbocycles. The van der Waals surface area contributed by atoms with Crippen molar-refractivity contribution in [3.05, 3.63) is 34.8 Å². The quantitative estimate of drug-likeness (QED) is 0.825. The molecule has 0 aliphatic carbocycles. The highest BCUT2D eigenvalue weighted by Gasteiger charge is 2.13. The third-order valence-corrected chi connectivity index (χ3v) is 3.64. The highest BCUT2D eigenvalue weighted by molar-refractivity contribution is 5.53. The van der Waals surface area contributed by atoms with E-state index in [4.69, 9.17) is 4.42 Å². The van der Waals surface area contributed by atoms with E-state index >= 15 is 0 Å². The molecule has 0 atom stereocenters. The zero-order valence-corrected chi connectivity index (χ0v) is 13.7. The van der Waals surface area contributed by atoms with Crippen LogP contribution in [0.4, 0.5) is 0 Å². The molecule has 2 rings (SSSR count). The molecule has 2 aromatic heterocycles. The van der Waals surface area contributed by atoms with Crippen molar-refractivity contribution >= 4 is 0 Å². The van der Waals surface area contributed by atoms with Crippen molar-refractivity contribution in [2.45, 2.75) is 53.5 Å². The van der Waals surface area contributed by atoms with Gasteiger partial charge < -0.3 is 9.73 Å². The second-order valence-corrected chi connectivity index (χ2v) is 5.84. The number of furan rings is 1. The Morgan fingerprint density at radius 2 is 1.81 bits per heavy atom. The molecular formula is C17H25N3O. The Balaban J connectivity index is 2.12. The predicted molar refractivity (Wildman–Crippen MR) is 85.4 cm³/mol. The van der Waals surface area contributed by atoms with Gasteiger partial charge in [0.15, 0.2) is 11.6 Å². The lowest BCUT2D eigenvalue weighted by atomic mass is 10.1. The van der Waals surface area contributed by atoms with Crippen LogP contribution in [0, 0.1) is 20.8 Å². The molecule has 1 N–H and O–H groups in total. The summed E-state index contributed by atoms with van der Waals surface area (Å²) in [5.74, 6) is 1.46. The third kappa shape index (κ3) is 3.91. The highest BCUT2D eigenvalue weighted by Crippen LogP contribution is 2.23. The lowest BCUT2D eigenvalue weighted by Crippen LogP contribution is -2.24. The number of hydrogen-bond donors (Lipinski definition) is 1. The molecule has 0 spiro atoms. The molecule has 2 aromatic rings. The molecule has 2 heterocycles. The van der Waals surface area contributed by atoms with Crippen LogP contribution in [0.1, 0.15) is 42.8 Å². The first-order valence-corrected chi connectivity index (χ1v) is 7.61. The summed E-state index contributed by atoms with van der Waals surface area (Å²) < 4.78 is 5.49. The zero-order chi connectivity index (χ0) is 15.4. The lowest BCUT2D eigenvalue weighted by Gasteiger charge is -2.12. The molecule has 0 aliphatic rings. The Labute approximate surface area is 127 Å². The molecule has 0 radical (unpaired) electrons. The largest absolute Gasteiger partial charge is 0.461 e. The summed E-state index contributed by atoms with van der Waals surface area (Å²) in [5, 5.41) is 3.44. The van der Waals surface area contributed by atoms with Gasteiger partial charge in [0, 0.05) is 17.4 Å². The smallest absolute Gasteiger partial charge is 0.196 e. The molecule has 0 unspecified atom stereocenters. The molecule has 0 amide bonds. The van der Waals surface area contributed by atoms with Gasteiger partial charge in [0.1, 0.15) is 0 Å². The van der Waals surface area contributed by atoms with E-state index in [1.807, 2.05) is 13.0 Å². The average molecular weight is 287 g/mol. The zero-order valence-electron chi connectivity index (χ0n) is 13.7. The second kappa shape index (κ2) is 6.85. The van der Waals surface area contributed by atoms with Crippen molar-refractivity contribution in [1.29, 1.82) is 0 Å². The fourth-order valence-corrected chi connectivity index (χ4v) is 2.46. The van der Waals surface area contributed by atoms with Gasteiger partial charge in [0.2, 0.25) is 0 Å². The minimum absolute atomic E-state index is 0.535. The molecule has 0 fully saturated rings. The van der Waals surface area contributed by atoms with Crippen molar-refractivity contribution < 1.29 is 4.42 Å². The van der Waals surface area contributed by atoms with E-state index in [0.717, 1.165) is 42.1 Å². The fraction of sp³-hybridized carbons (Fsp3) is 0.529. The third-order valence-electron chi connectivity index (χ3n) is 3.64. The monoisotopic (exact) mass is 287 g/mol. The number of rotatable bonds is 6. The van der Waals surface area contributed by atoms with Crippen LogP contribution in [-0.4, -0.2) is 22.6 Å². The summed E-state index contributed by atoms with van der Waals surface area (Å²) in [6, 6.07) is 2.47. The molecule has 114 valence electrons. The Hall–Kier alpha value is -1.68. The summed E-state index contributed by atoms with van der Waals surface area (Å²) in [4.78, 5) is 9.25. The maximum atomic E-state index is 5.49. The number of nitrogens with one attached hydrogen (secondary N) is 1. The summed E-state index contributed by atoms with van der Waals surface area (Å²) in [6.45, 7) is 11.5. The summed E-state index contributed by atoms with van der Waals surface area (Å²) in [6.07, 6.45) is 3.79. The van der Waals surface area contributed by atoms with Gasteiger partial charge in [-0.1, -0.05) is 13.8 Å². The number of aryl methyl sites for hydroxylation is 3. The molecule has 4 nitrogen and oxygen atoms in total. The maximum Gasteiger partial charge on any atom is 0.196 e. The van der Waals surface area contributed by atoms with E-state index in [1.165, 1.54) is 5.56 Å². The van der Waals surface area contributed by atoms with Crippen LogP contribution in [0.15, 0.2) is 16.7 Å². The number of hydrogen-bond acceptors (Lipinski definition) is 4. The van der Waals surface area contributed by atoms with Gasteiger partial charge in [-0.25, -0.2) is 9.97 Å². The van der Waals surface area contributed by atoms with Crippen LogP contribution in [0.3, 0.4) is 0 Å². The van der Waals surface area contributed by atoms with Crippen LogP contribution < -0.4 is 5.32 Å². The van der Waals surface area contributed by atoms with E-state index in [-0.39, 0.29) is 0 Å². The van der Waals surface area contributed by atoms with Gasteiger partial charge >= 0.3 is 0 Å². The van der Waals surface area contributed by atoms with Crippen molar-refractivity contribution in [2.24, 2.45) is 0 Å². The van der Waals surface area contributed by atoms with Crippen LogP contribution in [0.5, 0.6) is 0 Å². The molecule has 0 aromatic carbocycles. The van der Waals surface area contributed by atoms with Crippen molar-refractivity contribution in [3.8, 4) is 11.6 Å². The first-order chi connectivity index (χ1) is 9.99. The Morgan fingerprint density at radius 3 is 2.33 bits per heavy atom. The van der Waals surface area contributed by atoms with Gasteiger partial charge in [-0.05, 0) is 57.4 Å². The first-order valence-electron chi connectivity index (χ1n) is 7.61. The molecule has 0 saturated heterocycles. The van der Waals surface area contributed by atoms with Gasteiger partial charge in [0.05, 0.1) is 6.26 Å². The van der Waals surface area contributed by atoms with Crippen molar-refractivity contribution in [1.82, 2.24) is 15.3 Å². The summed E-state index contributed by atoms with van der Waals surface area (Å²) >= 11 is 0. The SMILES string of the molecule is Cc1ccoc1-c1nc(C)c(CCCNC(C)C)c(C)n1. The fourth-order valence-electron chi connectivity index (χ4n) is 2.46. The molecular weight excluding hydrogens is 262 g/mol. The van der Waals surface area contributed by atoms with Crippen LogP contribution in [0.2, 0.25) is 0 Å². The predicted octanol–water partition coefficient (Wildman–Crippen LogP) is 3.59. The minimum Gasteiger partial charge on any atom is -0.461 e. The Kier molecular flexibility index (Phi) is 5.12. The summed E-state index contributed by atoms with van der Waals surface area (Å²) in [7, 11) is 0. The number of aromatic nitrogens is 2. The van der Waals surface area contributed by atoms with Crippen LogP contribution in [-0.2, 0) is 6.42 Å². The van der Waals surface area contributed by atoms with Gasteiger partial charge in [-0.3, -0.25) is 0 Å². The molecule has 0 bridgehead atoms. The molecule has 21 heavy (non-hydrogen) atoms. The Morgan fingerprint density at radius 1 is 1.14 bits per heavy atom. The lowest BCUT2D eigenvalue weighted by molar-refractivity contribution is 0.567. The van der Waals surface area contributed by atoms with Crippen molar-refractivity contribution in [3.63, 3.8) is 0 Å². The van der Waals surface area contributed by atoms with E-state index in [0.29, 0.717) is 11.9 Å². The van der Waals surface area contributed by atoms with Gasteiger partial charge in [-0.2, -0.15) is 0 Å². The highest BCUT2D eigenvalue weighted by atomic mass is 16.3. The van der Waals surface area contributed by atoms with E-state index < -0.39 is 0 Å². The van der Waals surface area contributed by atoms with Crippen LogP contribution >= 0.6 is 0 Å².